The Balaban J connectivity index is 3.00. The van der Waals surface area contributed by atoms with Gasteiger partial charge in [-0.05, 0) is 39.3 Å². The Morgan fingerprint density at radius 1 is 1.23 bits per heavy atom. The minimum Gasteiger partial charge on any atom is -0.486 e. The molecule has 0 atom stereocenters. The quantitative estimate of drug-likeness (QED) is 0.673. The number of benzene rings is 1. The molecule has 1 aromatic carbocycles. The van der Waals surface area contributed by atoms with E-state index in [9.17, 15) is 0 Å². The van der Waals surface area contributed by atoms with Gasteiger partial charge in [-0.25, -0.2) is 0 Å². The Morgan fingerprint density at radius 3 is 2.31 bits per heavy atom. The van der Waals surface area contributed by atoms with Gasteiger partial charge < -0.3 is 10.5 Å². The summed E-state index contributed by atoms with van der Waals surface area (Å²) in [6, 6.07) is 5.78. The van der Waals surface area contributed by atoms with Crippen molar-refractivity contribution in [3.8, 4) is 5.75 Å². The van der Waals surface area contributed by atoms with Gasteiger partial charge >= 0.3 is 0 Å². The van der Waals surface area contributed by atoms with Gasteiger partial charge in [0.1, 0.15) is 11.4 Å². The van der Waals surface area contributed by atoms with Crippen molar-refractivity contribution in [2.45, 2.75) is 33.3 Å². The van der Waals surface area contributed by atoms with E-state index in [1.807, 2.05) is 45.9 Å². The summed E-state index contributed by atoms with van der Waals surface area (Å²) in [5.74, 6) is 0.801. The van der Waals surface area contributed by atoms with Crippen LogP contribution >= 0.6 is 0 Å². The molecule has 0 aliphatic rings. The summed E-state index contributed by atoms with van der Waals surface area (Å²) >= 11 is 0. The van der Waals surface area contributed by atoms with Crippen LogP contribution in [-0.4, -0.2) is 5.60 Å². The van der Waals surface area contributed by atoms with E-state index in [1.165, 1.54) is 0 Å². The molecule has 0 spiro atoms. The smallest absolute Gasteiger partial charge is 0.145 e. The number of nitrogens with two attached hydrogens (primary N) is 1. The van der Waals surface area contributed by atoms with Crippen LogP contribution < -0.4 is 10.5 Å². The Bertz CT molecular complexity index is 279. The zero-order chi connectivity index (χ0) is 10.1. The zero-order valence-corrected chi connectivity index (χ0v) is 8.72. The molecule has 0 radical (unpaired) electrons. The second-order valence-corrected chi connectivity index (χ2v) is 4.21. The summed E-state index contributed by atoms with van der Waals surface area (Å²) < 4.78 is 5.74. The van der Waals surface area contributed by atoms with E-state index in [-0.39, 0.29) is 5.60 Å². The van der Waals surface area contributed by atoms with Crippen LogP contribution in [0.25, 0.3) is 0 Å². The van der Waals surface area contributed by atoms with Gasteiger partial charge in [-0.2, -0.15) is 0 Å². The third kappa shape index (κ3) is 2.65. The molecule has 0 saturated heterocycles. The molecule has 2 heteroatoms. The third-order valence-electron chi connectivity index (χ3n) is 1.65. The first-order valence-corrected chi connectivity index (χ1v) is 4.44. The molecule has 13 heavy (non-hydrogen) atoms. The van der Waals surface area contributed by atoms with Crippen molar-refractivity contribution in [3.63, 3.8) is 0 Å². The van der Waals surface area contributed by atoms with Crippen molar-refractivity contribution in [1.29, 1.82) is 0 Å². The maximum atomic E-state index is 5.80. The zero-order valence-electron chi connectivity index (χ0n) is 8.72. The Kier molecular flexibility index (Phi) is 2.50. The molecular formula is C11H17NO. The lowest BCUT2D eigenvalue weighted by molar-refractivity contribution is 0.131. The van der Waals surface area contributed by atoms with Crippen molar-refractivity contribution in [1.82, 2.24) is 0 Å². The average Bonchev–Trinajstić information content (AvgIpc) is 1.95. The van der Waals surface area contributed by atoms with E-state index in [2.05, 4.69) is 0 Å². The van der Waals surface area contributed by atoms with Crippen molar-refractivity contribution in [2.24, 2.45) is 0 Å². The highest BCUT2D eigenvalue weighted by atomic mass is 16.5. The van der Waals surface area contributed by atoms with E-state index >= 15 is 0 Å². The summed E-state index contributed by atoms with van der Waals surface area (Å²) in [6.07, 6.45) is 0. The minimum absolute atomic E-state index is 0.194. The van der Waals surface area contributed by atoms with Crippen LogP contribution in [0.4, 0.5) is 5.69 Å². The normalized spacial score (nSPS) is 11.4. The number of nitrogen functional groups attached to an aromatic ring is 1. The van der Waals surface area contributed by atoms with Crippen LogP contribution in [0.3, 0.4) is 0 Å². The highest BCUT2D eigenvalue weighted by molar-refractivity contribution is 5.56. The first kappa shape index (κ1) is 9.90. The standard InChI is InChI=1S/C11H17NO/c1-8-6-5-7-9(12)10(8)13-11(2,3)4/h5-7H,12H2,1-4H3. The van der Waals surface area contributed by atoms with Gasteiger partial charge in [-0.1, -0.05) is 12.1 Å². The largest absolute Gasteiger partial charge is 0.486 e. The minimum atomic E-state index is -0.194. The lowest BCUT2D eigenvalue weighted by Gasteiger charge is -2.23. The van der Waals surface area contributed by atoms with Gasteiger partial charge in [0.05, 0.1) is 5.69 Å². The molecule has 2 N–H and O–H groups in total. The monoisotopic (exact) mass is 179 g/mol. The van der Waals surface area contributed by atoms with E-state index in [1.54, 1.807) is 0 Å². The second-order valence-electron chi connectivity index (χ2n) is 4.21. The summed E-state index contributed by atoms with van der Waals surface area (Å²) in [7, 11) is 0. The first-order valence-electron chi connectivity index (χ1n) is 4.44. The lowest BCUT2D eigenvalue weighted by Crippen LogP contribution is -2.24. The Morgan fingerprint density at radius 2 is 1.85 bits per heavy atom. The van der Waals surface area contributed by atoms with E-state index < -0.39 is 0 Å². The molecule has 0 saturated carbocycles. The summed E-state index contributed by atoms with van der Waals surface area (Å²) in [5.41, 5.74) is 7.39. The fourth-order valence-corrected chi connectivity index (χ4v) is 1.12. The fourth-order valence-electron chi connectivity index (χ4n) is 1.12. The van der Waals surface area contributed by atoms with Crippen LogP contribution in [0.5, 0.6) is 5.75 Å². The molecule has 72 valence electrons. The Hall–Kier alpha value is -1.18. The molecule has 0 aliphatic carbocycles. The molecular weight excluding hydrogens is 162 g/mol. The van der Waals surface area contributed by atoms with Crippen molar-refractivity contribution >= 4 is 5.69 Å². The van der Waals surface area contributed by atoms with Crippen molar-refractivity contribution in [3.05, 3.63) is 23.8 Å². The van der Waals surface area contributed by atoms with E-state index in [0.717, 1.165) is 11.3 Å². The number of hydrogen-bond acceptors (Lipinski definition) is 2. The maximum absolute atomic E-state index is 5.80. The molecule has 0 bridgehead atoms. The molecule has 2 nitrogen and oxygen atoms in total. The third-order valence-corrected chi connectivity index (χ3v) is 1.65. The maximum Gasteiger partial charge on any atom is 0.145 e. The summed E-state index contributed by atoms with van der Waals surface area (Å²) in [5, 5.41) is 0. The molecule has 1 rings (SSSR count). The number of ether oxygens (including phenoxy) is 1. The first-order chi connectivity index (χ1) is 5.90. The van der Waals surface area contributed by atoms with Gasteiger partial charge in [-0.3, -0.25) is 0 Å². The van der Waals surface area contributed by atoms with Gasteiger partial charge in [0, 0.05) is 0 Å². The van der Waals surface area contributed by atoms with Crippen molar-refractivity contribution < 1.29 is 4.74 Å². The van der Waals surface area contributed by atoms with Gasteiger partial charge in [0.25, 0.3) is 0 Å². The van der Waals surface area contributed by atoms with Crippen LogP contribution in [0.1, 0.15) is 26.3 Å². The number of anilines is 1. The fraction of sp³-hybridized carbons (Fsp3) is 0.455. The predicted molar refractivity (Wildman–Crippen MR) is 56.0 cm³/mol. The second kappa shape index (κ2) is 3.29. The molecule has 0 aromatic heterocycles. The molecule has 0 fully saturated rings. The number of rotatable bonds is 1. The molecule has 0 unspecified atom stereocenters. The van der Waals surface area contributed by atoms with Crippen molar-refractivity contribution in [2.75, 3.05) is 5.73 Å². The lowest BCUT2D eigenvalue weighted by atomic mass is 10.1. The van der Waals surface area contributed by atoms with Crippen LogP contribution in [-0.2, 0) is 0 Å². The Labute approximate surface area is 79.7 Å². The van der Waals surface area contributed by atoms with Crippen LogP contribution in [0.15, 0.2) is 18.2 Å². The predicted octanol–water partition coefficient (Wildman–Crippen LogP) is 2.75. The number of aryl methyl sites for hydroxylation is 1. The van der Waals surface area contributed by atoms with Gasteiger partial charge in [0.2, 0.25) is 0 Å². The summed E-state index contributed by atoms with van der Waals surface area (Å²) in [6.45, 7) is 8.04. The molecule has 0 amide bonds. The van der Waals surface area contributed by atoms with Crippen LogP contribution in [0, 0.1) is 6.92 Å². The topological polar surface area (TPSA) is 35.2 Å². The van der Waals surface area contributed by atoms with Gasteiger partial charge in [0.15, 0.2) is 0 Å². The SMILES string of the molecule is Cc1cccc(N)c1OC(C)(C)C. The number of hydrogen-bond donors (Lipinski definition) is 1. The molecule has 0 aliphatic heterocycles. The van der Waals surface area contributed by atoms with E-state index in [0.29, 0.717) is 5.69 Å². The van der Waals surface area contributed by atoms with Gasteiger partial charge in [-0.15, -0.1) is 0 Å². The molecule has 1 aromatic rings. The number of para-hydroxylation sites is 1. The highest BCUT2D eigenvalue weighted by Crippen LogP contribution is 2.28. The van der Waals surface area contributed by atoms with E-state index in [4.69, 9.17) is 10.5 Å². The summed E-state index contributed by atoms with van der Waals surface area (Å²) in [4.78, 5) is 0. The highest BCUT2D eigenvalue weighted by Gasteiger charge is 2.14. The average molecular weight is 179 g/mol. The molecule has 0 heterocycles. The van der Waals surface area contributed by atoms with Crippen LogP contribution in [0.2, 0.25) is 0 Å².